The van der Waals surface area contributed by atoms with Gasteiger partial charge in [0, 0.05) is 25.6 Å². The van der Waals surface area contributed by atoms with Gasteiger partial charge in [-0.3, -0.25) is 4.79 Å². The highest BCUT2D eigenvalue weighted by molar-refractivity contribution is 5.73. The number of likely N-dealkylation sites (N-methyl/N-ethyl adjacent to an activating group) is 1. The molecular weight excluding hydrogens is 166 g/mol. The largest absolute Gasteiger partial charge is 0.370 e. The smallest absolute Gasteiger partial charge is 0.218 e. The molecular formula is C9H19N3O. The second kappa shape index (κ2) is 4.58. The SMILES string of the molecule is CN(C)C1CCN(CCC(N)=O)C1. The number of carbonyl (C=O) groups excluding carboxylic acids is 1. The van der Waals surface area contributed by atoms with Gasteiger partial charge in [-0.15, -0.1) is 0 Å². The number of rotatable bonds is 4. The standard InChI is InChI=1S/C9H19N3O/c1-11(2)8-3-5-12(7-8)6-4-9(10)13/h8H,3-7H2,1-2H3,(H2,10,13). The van der Waals surface area contributed by atoms with Crippen molar-refractivity contribution in [1.29, 1.82) is 0 Å². The molecule has 0 aliphatic carbocycles. The molecule has 1 aliphatic rings. The third-order valence-corrected chi connectivity index (χ3v) is 2.65. The molecule has 1 atom stereocenters. The van der Waals surface area contributed by atoms with Crippen molar-refractivity contribution in [2.45, 2.75) is 18.9 Å². The van der Waals surface area contributed by atoms with Crippen molar-refractivity contribution >= 4 is 5.91 Å². The van der Waals surface area contributed by atoms with Crippen LogP contribution in [0.2, 0.25) is 0 Å². The fourth-order valence-electron chi connectivity index (χ4n) is 1.71. The van der Waals surface area contributed by atoms with Crippen LogP contribution in [0.25, 0.3) is 0 Å². The first-order valence-electron chi connectivity index (χ1n) is 4.76. The molecule has 0 bridgehead atoms. The third-order valence-electron chi connectivity index (χ3n) is 2.65. The molecule has 1 fully saturated rings. The molecule has 1 aliphatic heterocycles. The first-order chi connectivity index (χ1) is 6.09. The highest BCUT2D eigenvalue weighted by Gasteiger charge is 2.23. The van der Waals surface area contributed by atoms with Gasteiger partial charge in [-0.2, -0.15) is 0 Å². The molecule has 1 unspecified atom stereocenters. The van der Waals surface area contributed by atoms with E-state index in [1.807, 2.05) is 0 Å². The molecule has 76 valence electrons. The Bertz CT molecular complexity index is 182. The molecule has 0 aromatic heterocycles. The minimum absolute atomic E-state index is 0.201. The summed E-state index contributed by atoms with van der Waals surface area (Å²) in [6.07, 6.45) is 1.69. The summed E-state index contributed by atoms with van der Waals surface area (Å²) in [7, 11) is 4.20. The van der Waals surface area contributed by atoms with E-state index in [1.54, 1.807) is 0 Å². The van der Waals surface area contributed by atoms with Gasteiger partial charge in [-0.25, -0.2) is 0 Å². The summed E-state index contributed by atoms with van der Waals surface area (Å²) in [5.41, 5.74) is 5.09. The quantitative estimate of drug-likeness (QED) is 0.642. The van der Waals surface area contributed by atoms with Crippen LogP contribution >= 0.6 is 0 Å². The fraction of sp³-hybridized carbons (Fsp3) is 0.889. The number of hydrogen-bond acceptors (Lipinski definition) is 3. The van der Waals surface area contributed by atoms with E-state index in [0.29, 0.717) is 12.5 Å². The number of nitrogens with two attached hydrogens (primary N) is 1. The lowest BCUT2D eigenvalue weighted by atomic mass is 10.2. The molecule has 0 radical (unpaired) electrons. The van der Waals surface area contributed by atoms with Crippen molar-refractivity contribution in [1.82, 2.24) is 9.80 Å². The van der Waals surface area contributed by atoms with E-state index in [1.165, 1.54) is 6.42 Å². The first kappa shape index (κ1) is 10.5. The molecule has 1 amide bonds. The van der Waals surface area contributed by atoms with E-state index < -0.39 is 0 Å². The number of likely N-dealkylation sites (tertiary alicyclic amines) is 1. The van der Waals surface area contributed by atoms with Gasteiger partial charge in [0.1, 0.15) is 0 Å². The zero-order valence-corrected chi connectivity index (χ0v) is 8.49. The predicted octanol–water partition coefficient (Wildman–Crippen LogP) is -0.502. The molecule has 13 heavy (non-hydrogen) atoms. The van der Waals surface area contributed by atoms with Gasteiger partial charge in [0.2, 0.25) is 5.91 Å². The molecule has 1 heterocycles. The average Bonchev–Trinajstić information content (AvgIpc) is 2.48. The van der Waals surface area contributed by atoms with Crippen LogP contribution in [0, 0.1) is 0 Å². The monoisotopic (exact) mass is 185 g/mol. The molecule has 1 rings (SSSR count). The minimum Gasteiger partial charge on any atom is -0.370 e. The van der Waals surface area contributed by atoms with E-state index in [-0.39, 0.29) is 5.91 Å². The summed E-state index contributed by atoms with van der Waals surface area (Å²) < 4.78 is 0. The fourth-order valence-corrected chi connectivity index (χ4v) is 1.71. The van der Waals surface area contributed by atoms with Crippen LogP contribution in [-0.4, -0.2) is 55.5 Å². The van der Waals surface area contributed by atoms with Gasteiger partial charge in [0.05, 0.1) is 0 Å². The highest BCUT2D eigenvalue weighted by Crippen LogP contribution is 2.12. The lowest BCUT2D eigenvalue weighted by molar-refractivity contribution is -0.118. The topological polar surface area (TPSA) is 49.6 Å². The normalized spacial score (nSPS) is 24.1. The van der Waals surface area contributed by atoms with E-state index in [4.69, 9.17) is 5.73 Å². The van der Waals surface area contributed by atoms with Crippen LogP contribution in [0.1, 0.15) is 12.8 Å². The lowest BCUT2D eigenvalue weighted by Crippen LogP contribution is -2.32. The maximum Gasteiger partial charge on any atom is 0.218 e. The van der Waals surface area contributed by atoms with Crippen LogP contribution in [-0.2, 0) is 4.79 Å². The van der Waals surface area contributed by atoms with Crippen LogP contribution in [0.5, 0.6) is 0 Å². The number of carbonyl (C=O) groups is 1. The van der Waals surface area contributed by atoms with Crippen LogP contribution in [0.3, 0.4) is 0 Å². The van der Waals surface area contributed by atoms with Crippen LogP contribution < -0.4 is 5.73 Å². The number of nitrogens with zero attached hydrogens (tertiary/aromatic N) is 2. The number of hydrogen-bond donors (Lipinski definition) is 1. The van der Waals surface area contributed by atoms with Gasteiger partial charge in [0.15, 0.2) is 0 Å². The van der Waals surface area contributed by atoms with E-state index in [0.717, 1.165) is 19.6 Å². The van der Waals surface area contributed by atoms with Crippen molar-refractivity contribution in [3.63, 3.8) is 0 Å². The molecule has 2 N–H and O–H groups in total. The molecule has 4 heteroatoms. The Labute approximate surface area is 79.7 Å². The Balaban J connectivity index is 2.21. The zero-order chi connectivity index (χ0) is 9.84. The summed E-state index contributed by atoms with van der Waals surface area (Å²) in [6, 6.07) is 0.646. The summed E-state index contributed by atoms with van der Waals surface area (Å²) in [5, 5.41) is 0. The van der Waals surface area contributed by atoms with Gasteiger partial charge in [0.25, 0.3) is 0 Å². The highest BCUT2D eigenvalue weighted by atomic mass is 16.1. The lowest BCUT2D eigenvalue weighted by Gasteiger charge is -2.19. The van der Waals surface area contributed by atoms with E-state index in [9.17, 15) is 4.79 Å². The first-order valence-corrected chi connectivity index (χ1v) is 4.76. The van der Waals surface area contributed by atoms with Gasteiger partial charge in [-0.05, 0) is 27.1 Å². The van der Waals surface area contributed by atoms with E-state index >= 15 is 0 Å². The van der Waals surface area contributed by atoms with Crippen molar-refractivity contribution in [2.24, 2.45) is 5.73 Å². The van der Waals surface area contributed by atoms with Crippen molar-refractivity contribution < 1.29 is 4.79 Å². The van der Waals surface area contributed by atoms with Crippen molar-refractivity contribution in [3.05, 3.63) is 0 Å². The maximum absolute atomic E-state index is 10.6. The Kier molecular flexibility index (Phi) is 3.69. The average molecular weight is 185 g/mol. The second-order valence-electron chi connectivity index (χ2n) is 3.92. The summed E-state index contributed by atoms with van der Waals surface area (Å²) in [4.78, 5) is 15.1. The molecule has 1 saturated heterocycles. The second-order valence-corrected chi connectivity index (χ2v) is 3.92. The molecule has 4 nitrogen and oxygen atoms in total. The number of primary amides is 1. The Morgan fingerprint density at radius 2 is 2.31 bits per heavy atom. The van der Waals surface area contributed by atoms with Gasteiger partial charge in [-0.1, -0.05) is 0 Å². The van der Waals surface area contributed by atoms with Crippen molar-refractivity contribution in [2.75, 3.05) is 33.7 Å². The maximum atomic E-state index is 10.6. The Morgan fingerprint density at radius 3 is 2.77 bits per heavy atom. The third kappa shape index (κ3) is 3.32. The Hall–Kier alpha value is -0.610. The summed E-state index contributed by atoms with van der Waals surface area (Å²) in [6.45, 7) is 2.98. The van der Waals surface area contributed by atoms with Crippen molar-refractivity contribution in [3.8, 4) is 0 Å². The van der Waals surface area contributed by atoms with Crippen LogP contribution in [0.4, 0.5) is 0 Å². The molecule has 0 aromatic carbocycles. The van der Waals surface area contributed by atoms with Gasteiger partial charge < -0.3 is 15.5 Å². The predicted molar refractivity (Wildman–Crippen MR) is 52.3 cm³/mol. The Morgan fingerprint density at radius 1 is 1.62 bits per heavy atom. The number of amides is 1. The van der Waals surface area contributed by atoms with Gasteiger partial charge >= 0.3 is 0 Å². The minimum atomic E-state index is -0.201. The summed E-state index contributed by atoms with van der Waals surface area (Å²) in [5.74, 6) is -0.201. The van der Waals surface area contributed by atoms with Crippen LogP contribution in [0.15, 0.2) is 0 Å². The molecule has 0 saturated carbocycles. The van der Waals surface area contributed by atoms with E-state index in [2.05, 4.69) is 23.9 Å². The zero-order valence-electron chi connectivity index (χ0n) is 8.49. The summed E-state index contributed by atoms with van der Waals surface area (Å²) >= 11 is 0. The molecule has 0 spiro atoms. The molecule has 0 aromatic rings.